The molecular weight excluding hydrogens is 332 g/mol. The lowest BCUT2D eigenvalue weighted by Gasteiger charge is -2.23. The van der Waals surface area contributed by atoms with E-state index >= 15 is 0 Å². The first-order valence-electron chi connectivity index (χ1n) is 8.92. The summed E-state index contributed by atoms with van der Waals surface area (Å²) in [4.78, 5) is 26.6. The van der Waals surface area contributed by atoms with Gasteiger partial charge in [-0.25, -0.2) is 0 Å². The van der Waals surface area contributed by atoms with E-state index in [9.17, 15) is 9.59 Å². The van der Waals surface area contributed by atoms with Gasteiger partial charge in [-0.15, -0.1) is 0 Å². The fourth-order valence-corrected chi connectivity index (χ4v) is 3.09. The molecule has 0 spiro atoms. The SMILES string of the molecule is CC(C)Oc1ccc(CNC(=O)C2CCCN2C(=O)c2ccco2)cc1. The van der Waals surface area contributed by atoms with Crippen molar-refractivity contribution in [2.75, 3.05) is 6.54 Å². The molecule has 2 amide bonds. The van der Waals surface area contributed by atoms with Gasteiger partial charge in [0, 0.05) is 13.1 Å². The molecule has 1 aliphatic rings. The van der Waals surface area contributed by atoms with E-state index in [1.165, 1.54) is 6.26 Å². The third-order valence-electron chi connectivity index (χ3n) is 4.31. The van der Waals surface area contributed by atoms with Gasteiger partial charge < -0.3 is 19.4 Å². The summed E-state index contributed by atoms with van der Waals surface area (Å²) in [5, 5.41) is 2.93. The highest BCUT2D eigenvalue weighted by molar-refractivity contribution is 5.95. The van der Waals surface area contributed by atoms with Crippen molar-refractivity contribution in [1.29, 1.82) is 0 Å². The van der Waals surface area contributed by atoms with E-state index in [-0.39, 0.29) is 23.7 Å². The van der Waals surface area contributed by atoms with Crippen LogP contribution in [0.3, 0.4) is 0 Å². The van der Waals surface area contributed by atoms with E-state index in [4.69, 9.17) is 9.15 Å². The average molecular weight is 356 g/mol. The molecule has 1 N–H and O–H groups in total. The summed E-state index contributed by atoms with van der Waals surface area (Å²) in [6, 6.07) is 10.5. The highest BCUT2D eigenvalue weighted by atomic mass is 16.5. The molecule has 0 radical (unpaired) electrons. The lowest BCUT2D eigenvalue weighted by atomic mass is 10.1. The van der Waals surface area contributed by atoms with Crippen LogP contribution in [-0.4, -0.2) is 35.4 Å². The van der Waals surface area contributed by atoms with E-state index in [2.05, 4.69) is 5.32 Å². The average Bonchev–Trinajstić information content (AvgIpc) is 3.31. The molecule has 1 fully saturated rings. The molecular formula is C20H24N2O4. The standard InChI is InChI=1S/C20H24N2O4/c1-14(2)26-16-9-7-15(8-10-16)13-21-19(23)17-5-3-11-22(17)20(24)18-6-4-12-25-18/h4,6-10,12,14,17H,3,5,11,13H2,1-2H3,(H,21,23). The number of hydrogen-bond acceptors (Lipinski definition) is 4. The van der Waals surface area contributed by atoms with E-state index in [1.807, 2.05) is 38.1 Å². The Balaban J connectivity index is 1.56. The van der Waals surface area contributed by atoms with Crippen LogP contribution in [-0.2, 0) is 11.3 Å². The van der Waals surface area contributed by atoms with Crippen molar-refractivity contribution in [3.05, 3.63) is 54.0 Å². The number of furan rings is 1. The molecule has 2 heterocycles. The molecule has 1 saturated heterocycles. The van der Waals surface area contributed by atoms with Crippen molar-refractivity contribution in [2.45, 2.75) is 45.4 Å². The highest BCUT2D eigenvalue weighted by Crippen LogP contribution is 2.21. The molecule has 6 nitrogen and oxygen atoms in total. The number of carbonyl (C=O) groups excluding carboxylic acids is 2. The van der Waals surface area contributed by atoms with Gasteiger partial charge in [-0.1, -0.05) is 12.1 Å². The summed E-state index contributed by atoms with van der Waals surface area (Å²) in [7, 11) is 0. The second-order valence-electron chi connectivity index (χ2n) is 6.66. The third kappa shape index (κ3) is 4.25. The van der Waals surface area contributed by atoms with E-state index < -0.39 is 6.04 Å². The first kappa shape index (κ1) is 18.0. The zero-order chi connectivity index (χ0) is 18.5. The molecule has 3 rings (SSSR count). The molecule has 1 aliphatic heterocycles. The van der Waals surface area contributed by atoms with Crippen LogP contribution in [0, 0.1) is 0 Å². The molecule has 0 bridgehead atoms. The van der Waals surface area contributed by atoms with E-state index in [0.717, 1.165) is 17.7 Å². The van der Waals surface area contributed by atoms with Gasteiger partial charge in [0.15, 0.2) is 5.76 Å². The fourth-order valence-electron chi connectivity index (χ4n) is 3.09. The van der Waals surface area contributed by atoms with Gasteiger partial charge in [0.2, 0.25) is 5.91 Å². The van der Waals surface area contributed by atoms with E-state index in [0.29, 0.717) is 19.5 Å². The number of hydrogen-bond donors (Lipinski definition) is 1. The zero-order valence-corrected chi connectivity index (χ0v) is 15.1. The number of ether oxygens (including phenoxy) is 1. The summed E-state index contributed by atoms with van der Waals surface area (Å²) in [6.07, 6.45) is 3.07. The first-order chi connectivity index (χ1) is 12.5. The Morgan fingerprint density at radius 1 is 1.27 bits per heavy atom. The molecule has 6 heteroatoms. The Bertz CT molecular complexity index is 738. The smallest absolute Gasteiger partial charge is 0.290 e. The number of amides is 2. The molecule has 2 aromatic rings. The van der Waals surface area contributed by atoms with E-state index in [1.54, 1.807) is 17.0 Å². The van der Waals surface area contributed by atoms with Crippen LogP contribution < -0.4 is 10.1 Å². The minimum Gasteiger partial charge on any atom is -0.491 e. The zero-order valence-electron chi connectivity index (χ0n) is 15.1. The quantitative estimate of drug-likeness (QED) is 0.864. The Morgan fingerprint density at radius 2 is 2.04 bits per heavy atom. The second kappa shape index (κ2) is 8.08. The van der Waals surface area contributed by atoms with Crippen molar-refractivity contribution < 1.29 is 18.7 Å². The number of nitrogens with one attached hydrogen (secondary N) is 1. The van der Waals surface area contributed by atoms with Crippen LogP contribution in [0.1, 0.15) is 42.8 Å². The summed E-state index contributed by atoms with van der Waals surface area (Å²) < 4.78 is 10.8. The highest BCUT2D eigenvalue weighted by Gasteiger charge is 2.35. The van der Waals surface area contributed by atoms with Crippen molar-refractivity contribution >= 4 is 11.8 Å². The predicted molar refractivity (Wildman–Crippen MR) is 96.8 cm³/mol. The van der Waals surface area contributed by atoms with Crippen LogP contribution in [0.2, 0.25) is 0 Å². The number of carbonyl (C=O) groups is 2. The minimum absolute atomic E-state index is 0.126. The van der Waals surface area contributed by atoms with Gasteiger partial charge in [-0.05, 0) is 56.5 Å². The molecule has 0 saturated carbocycles. The van der Waals surface area contributed by atoms with Crippen molar-refractivity contribution in [3.8, 4) is 5.75 Å². The maximum absolute atomic E-state index is 12.6. The van der Waals surface area contributed by atoms with Crippen LogP contribution in [0.5, 0.6) is 5.75 Å². The summed E-state index contributed by atoms with van der Waals surface area (Å²) in [6.45, 7) is 4.94. The molecule has 138 valence electrons. The van der Waals surface area contributed by atoms with Gasteiger partial charge in [0.25, 0.3) is 5.91 Å². The lowest BCUT2D eigenvalue weighted by Crippen LogP contribution is -2.45. The maximum Gasteiger partial charge on any atom is 0.290 e. The van der Waals surface area contributed by atoms with Gasteiger partial charge in [0.05, 0.1) is 12.4 Å². The second-order valence-corrected chi connectivity index (χ2v) is 6.66. The number of benzene rings is 1. The topological polar surface area (TPSA) is 71.8 Å². The monoisotopic (exact) mass is 356 g/mol. The minimum atomic E-state index is -0.448. The summed E-state index contributed by atoms with van der Waals surface area (Å²) in [5.41, 5.74) is 0.983. The van der Waals surface area contributed by atoms with Gasteiger partial charge in [-0.3, -0.25) is 9.59 Å². The Kier molecular flexibility index (Phi) is 5.61. The van der Waals surface area contributed by atoms with Crippen molar-refractivity contribution in [2.24, 2.45) is 0 Å². The molecule has 1 aromatic carbocycles. The maximum atomic E-state index is 12.6. The number of likely N-dealkylation sites (tertiary alicyclic amines) is 1. The van der Waals surface area contributed by atoms with Gasteiger partial charge in [0.1, 0.15) is 11.8 Å². The predicted octanol–water partition coefficient (Wildman–Crippen LogP) is 2.99. The van der Waals surface area contributed by atoms with Crippen LogP contribution in [0.25, 0.3) is 0 Å². The fraction of sp³-hybridized carbons (Fsp3) is 0.400. The normalized spacial score (nSPS) is 16.7. The summed E-state index contributed by atoms with van der Waals surface area (Å²) >= 11 is 0. The van der Waals surface area contributed by atoms with Gasteiger partial charge in [-0.2, -0.15) is 0 Å². The molecule has 0 aliphatic carbocycles. The lowest BCUT2D eigenvalue weighted by molar-refractivity contribution is -0.125. The van der Waals surface area contributed by atoms with Crippen LogP contribution >= 0.6 is 0 Å². The van der Waals surface area contributed by atoms with Crippen LogP contribution in [0.4, 0.5) is 0 Å². The first-order valence-corrected chi connectivity index (χ1v) is 8.92. The largest absolute Gasteiger partial charge is 0.491 e. The Morgan fingerprint density at radius 3 is 2.69 bits per heavy atom. The third-order valence-corrected chi connectivity index (χ3v) is 4.31. The van der Waals surface area contributed by atoms with Gasteiger partial charge >= 0.3 is 0 Å². The Labute approximate surface area is 153 Å². The molecule has 1 atom stereocenters. The van der Waals surface area contributed by atoms with Crippen LogP contribution in [0.15, 0.2) is 47.1 Å². The van der Waals surface area contributed by atoms with Crippen molar-refractivity contribution in [1.82, 2.24) is 10.2 Å². The molecule has 1 unspecified atom stereocenters. The molecule has 26 heavy (non-hydrogen) atoms. The Hall–Kier alpha value is -2.76. The number of nitrogens with zero attached hydrogens (tertiary/aromatic N) is 1. The summed E-state index contributed by atoms with van der Waals surface area (Å²) in [5.74, 6) is 0.708. The number of rotatable bonds is 6. The molecule has 1 aromatic heterocycles. The van der Waals surface area contributed by atoms with Crippen molar-refractivity contribution in [3.63, 3.8) is 0 Å².